The van der Waals surface area contributed by atoms with Crippen LogP contribution in [0.2, 0.25) is 0 Å². The van der Waals surface area contributed by atoms with Gasteiger partial charge in [-0.15, -0.1) is 0 Å². The summed E-state index contributed by atoms with van der Waals surface area (Å²) in [7, 11) is 0. The van der Waals surface area contributed by atoms with Crippen LogP contribution in [-0.2, 0) is 39.6 Å². The van der Waals surface area contributed by atoms with E-state index in [0.29, 0.717) is 5.56 Å². The summed E-state index contributed by atoms with van der Waals surface area (Å²) in [5, 5.41) is 124. The van der Waals surface area contributed by atoms with Crippen molar-refractivity contribution in [3.8, 4) is 23.0 Å². The zero-order chi connectivity index (χ0) is 40.1. The highest BCUT2D eigenvalue weighted by Crippen LogP contribution is 2.36. The molecule has 5 rings (SSSR count). The Hall–Kier alpha value is -3.67. The molecule has 2 aliphatic heterocycles. The quantitative estimate of drug-likeness (QED) is 0.0566. The monoisotopic (exact) mass is 784 g/mol. The normalized spacial score (nSPS) is 36.9. The van der Waals surface area contributed by atoms with Gasteiger partial charge >= 0.3 is 5.97 Å². The Morgan fingerprint density at radius 3 is 2.07 bits per heavy atom. The standard InChI is InChI=1S/C36H48O19/c1-15-26(44)30(48)34(52-23-12-18(13-37)27(45)29(47)28(23)46)36(51-15)55-33-31(49)35(50-9-8-17-3-6-20(40)22(42)11-17)53-24(14-38)32(33)54-25(43)7-4-16-2-5-19(39)21(41)10-16/h2-7,10-11,15,18,23-24,26-42,44-49H,8-9,12-14H2,1H3. The molecule has 55 heavy (non-hydrogen) atoms. The van der Waals surface area contributed by atoms with Crippen molar-refractivity contribution in [2.24, 2.45) is 5.92 Å². The van der Waals surface area contributed by atoms with Gasteiger partial charge in [-0.1, -0.05) is 12.1 Å². The Labute approximate surface area is 314 Å². The lowest BCUT2D eigenvalue weighted by molar-refractivity contribution is -0.367. The molecule has 15 unspecified atom stereocenters. The minimum Gasteiger partial charge on any atom is -0.504 e. The van der Waals surface area contributed by atoms with E-state index >= 15 is 0 Å². The minimum absolute atomic E-state index is 0.142. The van der Waals surface area contributed by atoms with Gasteiger partial charge in [-0.25, -0.2) is 4.79 Å². The number of phenols is 4. The van der Waals surface area contributed by atoms with E-state index in [0.717, 1.165) is 6.08 Å². The van der Waals surface area contributed by atoms with Gasteiger partial charge in [-0.05, 0) is 61.2 Å². The van der Waals surface area contributed by atoms with E-state index in [-0.39, 0.29) is 36.5 Å². The lowest BCUT2D eigenvalue weighted by atomic mass is 9.81. The predicted octanol–water partition coefficient (Wildman–Crippen LogP) is -2.53. The maximum Gasteiger partial charge on any atom is 0.331 e. The fourth-order valence-corrected chi connectivity index (χ4v) is 6.69. The Morgan fingerprint density at radius 2 is 1.42 bits per heavy atom. The maximum absolute atomic E-state index is 13.1. The number of phenolic OH excluding ortho intramolecular Hbond substituents is 4. The first kappa shape index (κ1) is 42.5. The number of aliphatic hydroxyl groups excluding tert-OH is 8. The van der Waals surface area contributed by atoms with Crippen LogP contribution in [-0.4, -0.2) is 173 Å². The number of esters is 1. The second-order valence-corrected chi connectivity index (χ2v) is 13.7. The molecular weight excluding hydrogens is 736 g/mol. The van der Waals surface area contributed by atoms with E-state index in [1.54, 1.807) is 0 Å². The molecular formula is C36H48O19. The van der Waals surface area contributed by atoms with Gasteiger partial charge in [0.15, 0.2) is 41.7 Å². The van der Waals surface area contributed by atoms with E-state index < -0.39 is 122 Å². The van der Waals surface area contributed by atoms with E-state index in [4.69, 9.17) is 28.4 Å². The molecule has 15 atom stereocenters. The molecule has 3 fully saturated rings. The van der Waals surface area contributed by atoms with Crippen LogP contribution in [0.15, 0.2) is 42.5 Å². The van der Waals surface area contributed by atoms with E-state index in [1.807, 2.05) is 0 Å². The molecule has 12 N–H and O–H groups in total. The first-order valence-corrected chi connectivity index (χ1v) is 17.6. The second-order valence-electron chi connectivity index (χ2n) is 13.7. The topological polar surface area (TPSA) is 315 Å². The Balaban J connectivity index is 1.41. The molecule has 2 aromatic rings. The van der Waals surface area contributed by atoms with Gasteiger partial charge < -0.3 is 89.7 Å². The molecule has 0 amide bonds. The summed E-state index contributed by atoms with van der Waals surface area (Å²) in [5.41, 5.74) is 0.827. The van der Waals surface area contributed by atoms with Gasteiger partial charge in [0, 0.05) is 18.6 Å². The Bertz CT molecular complexity index is 1600. The number of benzene rings is 2. The van der Waals surface area contributed by atoms with Crippen molar-refractivity contribution < 1.29 is 94.5 Å². The smallest absolute Gasteiger partial charge is 0.331 e. The number of carbonyl (C=O) groups excluding carboxylic acids is 1. The Morgan fingerprint density at radius 1 is 0.727 bits per heavy atom. The van der Waals surface area contributed by atoms with Gasteiger partial charge in [-0.3, -0.25) is 0 Å². The van der Waals surface area contributed by atoms with E-state index in [9.17, 15) is 66.1 Å². The van der Waals surface area contributed by atoms with Gasteiger partial charge in [0.25, 0.3) is 0 Å². The highest BCUT2D eigenvalue weighted by atomic mass is 16.7. The summed E-state index contributed by atoms with van der Waals surface area (Å²) >= 11 is 0. The van der Waals surface area contributed by atoms with Crippen molar-refractivity contribution in [2.75, 3.05) is 19.8 Å². The van der Waals surface area contributed by atoms with Crippen LogP contribution >= 0.6 is 0 Å². The van der Waals surface area contributed by atoms with Crippen LogP contribution in [0.3, 0.4) is 0 Å². The molecule has 1 saturated carbocycles. The SMILES string of the molecule is CC1OC(OC2C(O)C(OCCc3ccc(O)c(O)c3)OC(CO)C2OC(=O)C=Cc2ccc(O)c(O)c2)C(OC2CC(CO)C(O)C(O)C2O)C(O)C1O. The van der Waals surface area contributed by atoms with Crippen molar-refractivity contribution in [2.45, 2.75) is 106 Å². The van der Waals surface area contributed by atoms with Crippen molar-refractivity contribution in [1.82, 2.24) is 0 Å². The Kier molecular flexibility index (Phi) is 14.3. The van der Waals surface area contributed by atoms with Crippen molar-refractivity contribution in [3.63, 3.8) is 0 Å². The predicted molar refractivity (Wildman–Crippen MR) is 183 cm³/mol. The molecule has 19 nitrogen and oxygen atoms in total. The fraction of sp³-hybridized carbons (Fsp3) is 0.583. The van der Waals surface area contributed by atoms with Crippen LogP contribution in [0.4, 0.5) is 0 Å². The number of carbonyl (C=O) groups is 1. The molecule has 3 aliphatic rings. The van der Waals surface area contributed by atoms with Gasteiger partial charge in [0.1, 0.15) is 48.8 Å². The third kappa shape index (κ3) is 9.84. The molecule has 306 valence electrons. The van der Waals surface area contributed by atoms with Crippen molar-refractivity contribution in [3.05, 3.63) is 53.6 Å². The number of aliphatic hydroxyl groups is 8. The first-order valence-electron chi connectivity index (χ1n) is 17.6. The largest absolute Gasteiger partial charge is 0.504 e. The second kappa shape index (κ2) is 18.5. The average Bonchev–Trinajstić information content (AvgIpc) is 3.16. The van der Waals surface area contributed by atoms with E-state index in [2.05, 4.69) is 0 Å². The van der Waals surface area contributed by atoms with Crippen molar-refractivity contribution >= 4 is 12.0 Å². The molecule has 0 radical (unpaired) electrons. The van der Waals surface area contributed by atoms with Crippen LogP contribution in [0.25, 0.3) is 6.08 Å². The molecule has 19 heteroatoms. The summed E-state index contributed by atoms with van der Waals surface area (Å²) in [6.07, 6.45) is -20.2. The molecule has 1 aliphatic carbocycles. The van der Waals surface area contributed by atoms with Crippen molar-refractivity contribution in [1.29, 1.82) is 0 Å². The highest BCUT2D eigenvalue weighted by molar-refractivity contribution is 5.87. The lowest BCUT2D eigenvalue weighted by Crippen LogP contribution is -2.66. The number of aromatic hydroxyl groups is 4. The third-order valence-electron chi connectivity index (χ3n) is 9.91. The molecule has 2 saturated heterocycles. The number of ether oxygens (including phenoxy) is 6. The summed E-state index contributed by atoms with van der Waals surface area (Å²) in [6, 6.07) is 7.85. The zero-order valence-electron chi connectivity index (χ0n) is 29.5. The number of hydrogen-bond acceptors (Lipinski definition) is 19. The zero-order valence-corrected chi connectivity index (χ0v) is 29.5. The third-order valence-corrected chi connectivity index (χ3v) is 9.91. The number of rotatable bonds is 13. The van der Waals surface area contributed by atoms with Crippen LogP contribution in [0.1, 0.15) is 24.5 Å². The van der Waals surface area contributed by atoms with Gasteiger partial charge in [-0.2, -0.15) is 0 Å². The summed E-state index contributed by atoms with van der Waals surface area (Å²) in [5.74, 6) is -3.54. The van der Waals surface area contributed by atoms with Crippen LogP contribution < -0.4 is 0 Å². The average molecular weight is 785 g/mol. The van der Waals surface area contributed by atoms with Gasteiger partial charge in [0.2, 0.25) is 0 Å². The minimum atomic E-state index is -1.83. The summed E-state index contributed by atoms with van der Waals surface area (Å²) in [6.45, 7) is -0.149. The summed E-state index contributed by atoms with van der Waals surface area (Å²) in [4.78, 5) is 13.1. The lowest BCUT2D eigenvalue weighted by Gasteiger charge is -2.48. The molecule has 2 heterocycles. The molecule has 0 bridgehead atoms. The van der Waals surface area contributed by atoms with Crippen LogP contribution in [0.5, 0.6) is 23.0 Å². The maximum atomic E-state index is 13.1. The summed E-state index contributed by atoms with van der Waals surface area (Å²) < 4.78 is 35.2. The highest BCUT2D eigenvalue weighted by Gasteiger charge is 2.54. The fourth-order valence-electron chi connectivity index (χ4n) is 6.69. The van der Waals surface area contributed by atoms with Crippen LogP contribution in [0, 0.1) is 5.92 Å². The molecule has 2 aromatic carbocycles. The number of hydrogen-bond donors (Lipinski definition) is 12. The van der Waals surface area contributed by atoms with E-state index in [1.165, 1.54) is 49.4 Å². The molecule has 0 spiro atoms. The molecule has 0 aromatic heterocycles. The van der Waals surface area contributed by atoms with Gasteiger partial charge in [0.05, 0.1) is 31.5 Å². The first-order chi connectivity index (χ1) is 26.1.